The molecule has 0 radical (unpaired) electrons. The van der Waals surface area contributed by atoms with Crippen molar-refractivity contribution in [2.24, 2.45) is 0 Å². The van der Waals surface area contributed by atoms with E-state index in [1.54, 1.807) is 24.3 Å². The molecule has 1 aliphatic rings. The highest BCUT2D eigenvalue weighted by atomic mass is 16.7. The molecule has 136 valence electrons. The topological polar surface area (TPSA) is 54.0 Å². The summed E-state index contributed by atoms with van der Waals surface area (Å²) in [6.07, 6.45) is 0. The van der Waals surface area contributed by atoms with Crippen LogP contribution in [-0.4, -0.2) is 31.4 Å². The summed E-state index contributed by atoms with van der Waals surface area (Å²) in [4.78, 5) is 11.8. The average molecular weight is 354 g/mol. The first-order valence-electron chi connectivity index (χ1n) is 8.54. The largest absolute Gasteiger partial charge is 0.494 e. The third kappa shape index (κ3) is 3.48. The van der Waals surface area contributed by atoms with Crippen LogP contribution in [0.4, 0.5) is 0 Å². The summed E-state index contributed by atoms with van der Waals surface area (Å²) in [7, 11) is 0.926. The summed E-state index contributed by atoms with van der Waals surface area (Å²) < 4.78 is 22.7. The van der Waals surface area contributed by atoms with Crippen molar-refractivity contribution in [1.82, 2.24) is 0 Å². The van der Waals surface area contributed by atoms with E-state index in [-0.39, 0.29) is 11.2 Å². The molecule has 0 aliphatic carbocycles. The Bertz CT molecular complexity index is 782. The number of hydrogen-bond acceptors (Lipinski definition) is 5. The molecule has 0 bridgehead atoms. The van der Waals surface area contributed by atoms with Crippen LogP contribution in [0, 0.1) is 0 Å². The molecule has 1 saturated heterocycles. The quantitative estimate of drug-likeness (QED) is 0.621. The van der Waals surface area contributed by atoms with Gasteiger partial charge in [-0.05, 0) is 57.4 Å². The fourth-order valence-corrected chi connectivity index (χ4v) is 2.63. The summed E-state index contributed by atoms with van der Waals surface area (Å²) in [5, 5.41) is 0. The van der Waals surface area contributed by atoms with Gasteiger partial charge in [-0.2, -0.15) is 0 Å². The Hall–Kier alpha value is -2.31. The highest BCUT2D eigenvalue weighted by Crippen LogP contribution is 2.36. The van der Waals surface area contributed by atoms with Crippen LogP contribution in [0.3, 0.4) is 0 Å². The maximum Gasteiger partial charge on any atom is 0.494 e. The lowest BCUT2D eigenvalue weighted by Crippen LogP contribution is -2.41. The number of carbonyl (C=O) groups is 1. The van der Waals surface area contributed by atoms with Crippen molar-refractivity contribution in [3.63, 3.8) is 0 Å². The van der Waals surface area contributed by atoms with E-state index in [9.17, 15) is 4.79 Å². The van der Waals surface area contributed by atoms with Crippen LogP contribution in [-0.2, 0) is 14.0 Å². The first kappa shape index (κ1) is 18.5. The molecule has 2 aromatic carbocycles. The molecule has 26 heavy (non-hydrogen) atoms. The molecule has 1 heterocycles. The van der Waals surface area contributed by atoms with Crippen LogP contribution < -0.4 is 10.2 Å². The second-order valence-corrected chi connectivity index (χ2v) is 7.25. The number of rotatable bonds is 4. The van der Waals surface area contributed by atoms with E-state index < -0.39 is 13.1 Å². The smallest absolute Gasteiger partial charge is 0.465 e. The van der Waals surface area contributed by atoms with Gasteiger partial charge in [0.25, 0.3) is 0 Å². The van der Waals surface area contributed by atoms with Crippen LogP contribution in [0.25, 0.3) is 0 Å². The van der Waals surface area contributed by atoms with Gasteiger partial charge >= 0.3 is 13.1 Å². The van der Waals surface area contributed by atoms with Crippen molar-refractivity contribution in [3.8, 4) is 11.5 Å². The molecule has 0 aromatic heterocycles. The predicted molar refractivity (Wildman–Crippen MR) is 100 cm³/mol. The van der Waals surface area contributed by atoms with Crippen LogP contribution in [0.1, 0.15) is 38.1 Å². The molecule has 0 N–H and O–H groups in total. The van der Waals surface area contributed by atoms with E-state index >= 15 is 0 Å². The van der Waals surface area contributed by atoms with Crippen molar-refractivity contribution in [2.75, 3.05) is 7.11 Å². The Morgan fingerprint density at radius 1 is 0.923 bits per heavy atom. The van der Waals surface area contributed by atoms with Gasteiger partial charge in [-0.3, -0.25) is 0 Å². The average Bonchev–Trinajstić information content (AvgIpc) is 2.83. The number of hydrogen-bond donors (Lipinski definition) is 0. The number of carbonyl (C=O) groups excluding carboxylic acids is 1. The van der Waals surface area contributed by atoms with Gasteiger partial charge in [0, 0.05) is 0 Å². The number of ether oxygens (including phenoxy) is 2. The van der Waals surface area contributed by atoms with Gasteiger partial charge in [-0.1, -0.05) is 24.3 Å². The Morgan fingerprint density at radius 2 is 1.50 bits per heavy atom. The summed E-state index contributed by atoms with van der Waals surface area (Å²) >= 11 is 0. The van der Waals surface area contributed by atoms with E-state index in [1.807, 2.05) is 52.0 Å². The molecular weight excluding hydrogens is 331 g/mol. The number of para-hydroxylation sites is 1. The standard InChI is InChI=1S/C20H23BO5/c1-19(2)20(3,4)26-21(25-19)14-10-12-15(13-11-14)24-17-9-7-6-8-16(17)18(22)23-5/h6-13H,1-5H3. The van der Waals surface area contributed by atoms with Gasteiger partial charge in [0.1, 0.15) is 17.1 Å². The lowest BCUT2D eigenvalue weighted by molar-refractivity contribution is 0.00578. The van der Waals surface area contributed by atoms with Gasteiger partial charge in [0.05, 0.1) is 18.3 Å². The first-order chi connectivity index (χ1) is 12.2. The van der Waals surface area contributed by atoms with E-state index in [1.165, 1.54) is 7.11 Å². The Labute approximate surface area is 154 Å². The zero-order valence-electron chi connectivity index (χ0n) is 15.7. The molecule has 1 fully saturated rings. The Kier molecular flexibility index (Phi) is 4.82. The monoisotopic (exact) mass is 354 g/mol. The molecule has 0 spiro atoms. The number of esters is 1. The van der Waals surface area contributed by atoms with Gasteiger partial charge in [-0.25, -0.2) is 4.79 Å². The van der Waals surface area contributed by atoms with E-state index in [2.05, 4.69) is 0 Å². The summed E-state index contributed by atoms with van der Waals surface area (Å²) in [5.74, 6) is 0.624. The highest BCUT2D eigenvalue weighted by Gasteiger charge is 2.51. The second kappa shape index (κ2) is 6.78. The minimum atomic E-state index is -0.436. The zero-order chi connectivity index (χ0) is 18.9. The van der Waals surface area contributed by atoms with Crippen LogP contribution in [0.15, 0.2) is 48.5 Å². The molecule has 0 saturated carbocycles. The minimum Gasteiger partial charge on any atom is -0.465 e. The van der Waals surface area contributed by atoms with E-state index in [4.69, 9.17) is 18.8 Å². The van der Waals surface area contributed by atoms with E-state index in [0.717, 1.165) is 5.46 Å². The SMILES string of the molecule is COC(=O)c1ccccc1Oc1ccc(B2OC(C)(C)C(C)(C)O2)cc1. The van der Waals surface area contributed by atoms with Crippen molar-refractivity contribution < 1.29 is 23.6 Å². The predicted octanol–water partition coefficient (Wildman–Crippen LogP) is 3.56. The normalized spacial score (nSPS) is 17.8. The fraction of sp³-hybridized carbons (Fsp3) is 0.350. The molecular formula is C20H23BO5. The van der Waals surface area contributed by atoms with E-state index in [0.29, 0.717) is 17.1 Å². The van der Waals surface area contributed by atoms with Crippen LogP contribution >= 0.6 is 0 Å². The van der Waals surface area contributed by atoms with Crippen LogP contribution in [0.2, 0.25) is 0 Å². The van der Waals surface area contributed by atoms with Gasteiger partial charge in [0.2, 0.25) is 0 Å². The van der Waals surface area contributed by atoms with Gasteiger partial charge in [-0.15, -0.1) is 0 Å². The highest BCUT2D eigenvalue weighted by molar-refractivity contribution is 6.62. The van der Waals surface area contributed by atoms with Crippen molar-refractivity contribution >= 4 is 18.6 Å². The molecule has 3 rings (SSSR count). The Balaban J connectivity index is 1.77. The number of benzene rings is 2. The summed E-state index contributed by atoms with van der Waals surface area (Å²) in [6.45, 7) is 8.09. The molecule has 2 aromatic rings. The summed E-state index contributed by atoms with van der Waals surface area (Å²) in [6, 6.07) is 14.4. The molecule has 1 aliphatic heterocycles. The molecule has 5 nitrogen and oxygen atoms in total. The molecule has 0 amide bonds. The van der Waals surface area contributed by atoms with Crippen LogP contribution in [0.5, 0.6) is 11.5 Å². The fourth-order valence-electron chi connectivity index (χ4n) is 2.63. The van der Waals surface area contributed by atoms with Crippen molar-refractivity contribution in [3.05, 3.63) is 54.1 Å². The Morgan fingerprint density at radius 3 is 2.08 bits per heavy atom. The molecule has 6 heteroatoms. The number of methoxy groups -OCH3 is 1. The summed E-state index contributed by atoms with van der Waals surface area (Å²) in [5.41, 5.74) is 0.528. The third-order valence-electron chi connectivity index (χ3n) is 4.93. The maximum absolute atomic E-state index is 11.8. The van der Waals surface area contributed by atoms with Crippen molar-refractivity contribution in [1.29, 1.82) is 0 Å². The minimum absolute atomic E-state index is 0.380. The lowest BCUT2D eigenvalue weighted by Gasteiger charge is -2.32. The second-order valence-electron chi connectivity index (χ2n) is 7.25. The maximum atomic E-state index is 11.8. The van der Waals surface area contributed by atoms with Gasteiger partial charge in [0.15, 0.2) is 0 Å². The first-order valence-corrected chi connectivity index (χ1v) is 8.54. The lowest BCUT2D eigenvalue weighted by atomic mass is 9.79. The van der Waals surface area contributed by atoms with Gasteiger partial charge < -0.3 is 18.8 Å². The molecule has 0 unspecified atom stereocenters. The third-order valence-corrected chi connectivity index (χ3v) is 4.93. The zero-order valence-corrected chi connectivity index (χ0v) is 15.7. The van der Waals surface area contributed by atoms with Crippen molar-refractivity contribution in [2.45, 2.75) is 38.9 Å². The molecule has 0 atom stereocenters.